The van der Waals surface area contributed by atoms with Crippen LogP contribution in [0.5, 0.6) is 11.5 Å². The number of ether oxygens (including phenoxy) is 3. The Hall–Kier alpha value is -1.95. The number of rotatable bonds is 6. The molecule has 0 bridgehead atoms. The molecule has 6 nitrogen and oxygen atoms in total. The van der Waals surface area contributed by atoms with Gasteiger partial charge >= 0.3 is 0 Å². The number of hydrogen-bond donors (Lipinski definition) is 2. The maximum Gasteiger partial charge on any atom is 0.191 e. The molecule has 1 fully saturated rings. The Balaban J connectivity index is 1.66. The van der Waals surface area contributed by atoms with E-state index in [0.29, 0.717) is 19.8 Å². The summed E-state index contributed by atoms with van der Waals surface area (Å²) in [7, 11) is 0. The van der Waals surface area contributed by atoms with E-state index in [4.69, 9.17) is 19.2 Å². The normalized spacial score (nSPS) is 22.6. The Morgan fingerprint density at radius 3 is 2.63 bits per heavy atom. The minimum absolute atomic E-state index is 0.0957. The maximum absolute atomic E-state index is 5.87. The minimum Gasteiger partial charge on any atom is -0.486 e. The van der Waals surface area contributed by atoms with Gasteiger partial charge in [0.2, 0.25) is 0 Å². The van der Waals surface area contributed by atoms with Crippen LogP contribution < -0.4 is 20.1 Å². The number of benzene rings is 1. The molecule has 2 N–H and O–H groups in total. The van der Waals surface area contributed by atoms with E-state index in [9.17, 15) is 0 Å². The first-order chi connectivity index (χ1) is 12.9. The third-order valence-corrected chi connectivity index (χ3v) is 5.23. The highest BCUT2D eigenvalue weighted by Crippen LogP contribution is 2.35. The first kappa shape index (κ1) is 19.8. The van der Waals surface area contributed by atoms with E-state index in [1.54, 1.807) is 0 Å². The standard InChI is InChI=1S/C21H33N3O3/c1-5-22-19(24-15-21(4)9-6-10-27-21)23-14-20(2,3)16-7-8-17-18(13-16)26-12-11-25-17/h7-8,13H,5-6,9-12,14-15H2,1-4H3,(H2,22,23,24). The molecule has 0 aromatic heterocycles. The topological polar surface area (TPSA) is 64.1 Å². The molecule has 2 aliphatic heterocycles. The van der Waals surface area contributed by atoms with Gasteiger partial charge in [0.15, 0.2) is 17.5 Å². The van der Waals surface area contributed by atoms with Gasteiger partial charge in [0, 0.05) is 25.1 Å². The number of guanidine groups is 1. The molecule has 1 saturated heterocycles. The fourth-order valence-corrected chi connectivity index (χ4v) is 3.42. The zero-order chi connectivity index (χ0) is 19.3. The summed E-state index contributed by atoms with van der Waals surface area (Å²) >= 11 is 0. The summed E-state index contributed by atoms with van der Waals surface area (Å²) in [5.41, 5.74) is 0.977. The summed E-state index contributed by atoms with van der Waals surface area (Å²) in [5, 5.41) is 6.78. The average molecular weight is 376 g/mol. The molecule has 1 aromatic carbocycles. The van der Waals surface area contributed by atoms with Crippen LogP contribution in [0, 0.1) is 0 Å². The second-order valence-electron chi connectivity index (χ2n) is 8.19. The molecule has 150 valence electrons. The van der Waals surface area contributed by atoms with Crippen molar-refractivity contribution in [2.24, 2.45) is 4.99 Å². The molecule has 0 radical (unpaired) electrons. The highest BCUT2D eigenvalue weighted by Gasteiger charge is 2.30. The number of hydrogen-bond acceptors (Lipinski definition) is 4. The van der Waals surface area contributed by atoms with Crippen molar-refractivity contribution in [1.82, 2.24) is 10.6 Å². The van der Waals surface area contributed by atoms with Gasteiger partial charge in [-0.15, -0.1) is 0 Å². The fraction of sp³-hybridized carbons (Fsp3) is 0.667. The summed E-state index contributed by atoms with van der Waals surface area (Å²) in [6.07, 6.45) is 2.21. The van der Waals surface area contributed by atoms with Crippen molar-refractivity contribution >= 4 is 5.96 Å². The lowest BCUT2D eigenvalue weighted by Crippen LogP contribution is -2.46. The predicted octanol–water partition coefficient (Wildman–Crippen LogP) is 2.86. The van der Waals surface area contributed by atoms with Gasteiger partial charge in [0.25, 0.3) is 0 Å². The quantitative estimate of drug-likeness (QED) is 0.591. The Morgan fingerprint density at radius 1 is 1.15 bits per heavy atom. The van der Waals surface area contributed by atoms with Crippen LogP contribution in [0.25, 0.3) is 0 Å². The first-order valence-corrected chi connectivity index (χ1v) is 9.98. The van der Waals surface area contributed by atoms with Gasteiger partial charge in [0.05, 0.1) is 12.1 Å². The van der Waals surface area contributed by atoms with Gasteiger partial charge < -0.3 is 24.8 Å². The summed E-state index contributed by atoms with van der Waals surface area (Å²) in [4.78, 5) is 4.83. The highest BCUT2D eigenvalue weighted by molar-refractivity contribution is 5.79. The van der Waals surface area contributed by atoms with E-state index in [1.165, 1.54) is 5.56 Å². The highest BCUT2D eigenvalue weighted by atomic mass is 16.6. The molecule has 2 aliphatic rings. The molecule has 0 amide bonds. The summed E-state index contributed by atoms with van der Waals surface area (Å²) in [6.45, 7) is 13.0. The van der Waals surface area contributed by atoms with Gasteiger partial charge in [-0.1, -0.05) is 19.9 Å². The molecule has 1 unspecified atom stereocenters. The minimum atomic E-state index is -0.119. The molecule has 3 rings (SSSR count). The first-order valence-electron chi connectivity index (χ1n) is 9.98. The average Bonchev–Trinajstić information content (AvgIpc) is 3.10. The van der Waals surface area contributed by atoms with Crippen molar-refractivity contribution in [3.8, 4) is 11.5 Å². The summed E-state index contributed by atoms with van der Waals surface area (Å²) in [6, 6.07) is 6.19. The molecule has 27 heavy (non-hydrogen) atoms. The Bertz CT molecular complexity index is 667. The second kappa shape index (κ2) is 8.38. The largest absolute Gasteiger partial charge is 0.486 e. The van der Waals surface area contributed by atoms with Crippen LogP contribution in [0.1, 0.15) is 46.1 Å². The molecule has 0 saturated carbocycles. The van der Waals surface area contributed by atoms with E-state index in [2.05, 4.69) is 50.5 Å². The zero-order valence-electron chi connectivity index (χ0n) is 17.1. The van der Waals surface area contributed by atoms with Gasteiger partial charge in [-0.05, 0) is 44.4 Å². The van der Waals surface area contributed by atoms with Crippen LogP contribution in [0.3, 0.4) is 0 Å². The van der Waals surface area contributed by atoms with Crippen LogP contribution in [-0.2, 0) is 10.2 Å². The molecular formula is C21H33N3O3. The zero-order valence-corrected chi connectivity index (χ0v) is 17.1. The monoisotopic (exact) mass is 375 g/mol. The van der Waals surface area contributed by atoms with Crippen LogP contribution >= 0.6 is 0 Å². The molecular weight excluding hydrogens is 342 g/mol. The van der Waals surface area contributed by atoms with E-state index in [0.717, 1.165) is 50.0 Å². The lowest BCUT2D eigenvalue weighted by Gasteiger charge is -2.27. The smallest absolute Gasteiger partial charge is 0.191 e. The van der Waals surface area contributed by atoms with Gasteiger partial charge in [-0.3, -0.25) is 4.99 Å². The van der Waals surface area contributed by atoms with Crippen LogP contribution in [-0.4, -0.2) is 51.0 Å². The number of nitrogens with one attached hydrogen (secondary N) is 2. The van der Waals surface area contributed by atoms with Gasteiger partial charge in [-0.2, -0.15) is 0 Å². The van der Waals surface area contributed by atoms with Gasteiger partial charge in [-0.25, -0.2) is 0 Å². The van der Waals surface area contributed by atoms with E-state index in [-0.39, 0.29) is 11.0 Å². The second-order valence-corrected chi connectivity index (χ2v) is 8.19. The Morgan fingerprint density at radius 2 is 1.93 bits per heavy atom. The van der Waals surface area contributed by atoms with E-state index < -0.39 is 0 Å². The van der Waals surface area contributed by atoms with Crippen molar-refractivity contribution < 1.29 is 14.2 Å². The Kier molecular flexibility index (Phi) is 6.15. The lowest BCUT2D eigenvalue weighted by atomic mass is 9.84. The molecule has 1 aromatic rings. The van der Waals surface area contributed by atoms with Crippen molar-refractivity contribution in [1.29, 1.82) is 0 Å². The van der Waals surface area contributed by atoms with Crippen LogP contribution in [0.4, 0.5) is 0 Å². The number of nitrogens with zero attached hydrogens (tertiary/aromatic N) is 1. The van der Waals surface area contributed by atoms with Crippen LogP contribution in [0.2, 0.25) is 0 Å². The van der Waals surface area contributed by atoms with Crippen molar-refractivity contribution in [3.63, 3.8) is 0 Å². The Labute approximate surface area is 162 Å². The van der Waals surface area contributed by atoms with Crippen molar-refractivity contribution in [2.45, 2.75) is 51.6 Å². The molecule has 0 aliphatic carbocycles. The van der Waals surface area contributed by atoms with Crippen LogP contribution in [0.15, 0.2) is 23.2 Å². The maximum atomic E-state index is 5.87. The fourth-order valence-electron chi connectivity index (χ4n) is 3.42. The molecule has 0 spiro atoms. The number of aliphatic imine (C=N–C) groups is 1. The SMILES string of the molecule is CCNC(=NCC(C)(C)c1ccc2c(c1)OCCO2)NCC1(C)CCCO1. The van der Waals surface area contributed by atoms with Crippen molar-refractivity contribution in [3.05, 3.63) is 23.8 Å². The third-order valence-electron chi connectivity index (χ3n) is 5.23. The third kappa shape index (κ3) is 5.06. The van der Waals surface area contributed by atoms with E-state index >= 15 is 0 Å². The lowest BCUT2D eigenvalue weighted by molar-refractivity contribution is 0.0243. The predicted molar refractivity (Wildman–Crippen MR) is 108 cm³/mol. The molecule has 2 heterocycles. The summed E-state index contributed by atoms with van der Waals surface area (Å²) in [5.74, 6) is 2.48. The molecule has 6 heteroatoms. The van der Waals surface area contributed by atoms with Crippen molar-refractivity contribution in [2.75, 3.05) is 39.5 Å². The number of fused-ring (bicyclic) bond motifs is 1. The van der Waals surface area contributed by atoms with Gasteiger partial charge in [0.1, 0.15) is 13.2 Å². The summed E-state index contributed by atoms with van der Waals surface area (Å²) < 4.78 is 17.2. The molecule has 1 atom stereocenters. The van der Waals surface area contributed by atoms with E-state index in [1.807, 2.05) is 6.07 Å².